The van der Waals surface area contributed by atoms with Crippen LogP contribution in [0.5, 0.6) is 0 Å². The maximum Gasteiger partial charge on any atom is 0.336 e. The fraction of sp³-hybridized carbons (Fsp3) is 0. The average molecular weight is 368 g/mol. The van der Waals surface area contributed by atoms with E-state index >= 15 is 0 Å². The second-order valence-corrected chi connectivity index (χ2v) is 6.48. The predicted octanol–water partition coefficient (Wildman–Crippen LogP) is 5.57. The molecule has 4 rings (SSSR count). The van der Waals surface area contributed by atoms with Crippen molar-refractivity contribution in [2.45, 2.75) is 0 Å². The normalized spacial score (nSPS) is 10.7. The Morgan fingerprint density at radius 1 is 0.536 bits per heavy atom. The third kappa shape index (κ3) is 3.12. The number of carbonyl (C=O) groups is 2. The highest BCUT2D eigenvalue weighted by Gasteiger charge is 2.13. The molecule has 4 nitrogen and oxygen atoms in total. The van der Waals surface area contributed by atoms with Crippen molar-refractivity contribution in [1.82, 2.24) is 0 Å². The lowest BCUT2D eigenvalue weighted by Gasteiger charge is -2.10. The van der Waals surface area contributed by atoms with Crippen molar-refractivity contribution in [3.63, 3.8) is 0 Å². The number of hydrogen-bond donors (Lipinski definition) is 2. The minimum atomic E-state index is -0.972. The summed E-state index contributed by atoms with van der Waals surface area (Å²) in [4.78, 5) is 23.1. The zero-order valence-corrected chi connectivity index (χ0v) is 14.8. The van der Waals surface area contributed by atoms with Gasteiger partial charge in [-0.1, -0.05) is 60.7 Å². The van der Waals surface area contributed by atoms with Gasteiger partial charge >= 0.3 is 11.9 Å². The zero-order chi connectivity index (χ0) is 19.7. The van der Waals surface area contributed by atoms with Gasteiger partial charge in [0.15, 0.2) is 0 Å². The van der Waals surface area contributed by atoms with Gasteiger partial charge < -0.3 is 10.2 Å². The van der Waals surface area contributed by atoms with Crippen LogP contribution < -0.4 is 0 Å². The molecule has 0 saturated heterocycles. The Labute approximate surface area is 161 Å². The van der Waals surface area contributed by atoms with Gasteiger partial charge in [-0.15, -0.1) is 0 Å². The number of fused-ring (bicyclic) bond motifs is 1. The van der Waals surface area contributed by atoms with Gasteiger partial charge in [0.05, 0.1) is 11.1 Å². The van der Waals surface area contributed by atoms with Crippen LogP contribution in [0.3, 0.4) is 0 Å². The van der Waals surface area contributed by atoms with Gasteiger partial charge in [0.1, 0.15) is 0 Å². The Kier molecular flexibility index (Phi) is 4.38. The van der Waals surface area contributed by atoms with Crippen LogP contribution in [0.1, 0.15) is 20.7 Å². The third-order valence-corrected chi connectivity index (χ3v) is 4.78. The first-order valence-corrected chi connectivity index (χ1v) is 8.74. The first kappa shape index (κ1) is 17.5. The Morgan fingerprint density at radius 3 is 1.39 bits per heavy atom. The average Bonchev–Trinajstić information content (AvgIpc) is 2.73. The lowest BCUT2D eigenvalue weighted by atomic mass is 9.94. The smallest absolute Gasteiger partial charge is 0.336 e. The summed E-state index contributed by atoms with van der Waals surface area (Å²) in [6.45, 7) is 0. The molecular formula is C24H16O4. The van der Waals surface area contributed by atoms with E-state index < -0.39 is 11.9 Å². The van der Waals surface area contributed by atoms with Crippen molar-refractivity contribution < 1.29 is 19.8 Å². The molecule has 4 aromatic rings. The largest absolute Gasteiger partial charge is 0.478 e. The molecule has 0 radical (unpaired) electrons. The minimum absolute atomic E-state index is 0.245. The molecule has 28 heavy (non-hydrogen) atoms. The van der Waals surface area contributed by atoms with Gasteiger partial charge in [-0.2, -0.15) is 0 Å². The number of aromatic carboxylic acids is 2. The van der Waals surface area contributed by atoms with Crippen LogP contribution in [0.2, 0.25) is 0 Å². The molecule has 2 N–H and O–H groups in total. The Hall–Kier alpha value is -3.92. The molecule has 0 aromatic heterocycles. The van der Waals surface area contributed by atoms with Crippen LogP contribution in [0.25, 0.3) is 33.0 Å². The lowest BCUT2D eigenvalue weighted by molar-refractivity contribution is 0.0687. The van der Waals surface area contributed by atoms with Crippen molar-refractivity contribution >= 4 is 22.7 Å². The van der Waals surface area contributed by atoms with Crippen LogP contribution in [0, 0.1) is 0 Å². The van der Waals surface area contributed by atoms with E-state index in [2.05, 4.69) is 0 Å². The predicted molar refractivity (Wildman–Crippen MR) is 109 cm³/mol. The molecule has 0 saturated carbocycles. The van der Waals surface area contributed by atoms with Gasteiger partial charge in [-0.25, -0.2) is 9.59 Å². The van der Waals surface area contributed by atoms with Crippen LogP contribution in [0.4, 0.5) is 0 Å². The summed E-state index contributed by atoms with van der Waals surface area (Å²) in [6, 6.07) is 25.3. The summed E-state index contributed by atoms with van der Waals surface area (Å²) in [5.74, 6) is -1.94. The molecule has 0 aliphatic rings. The summed E-state index contributed by atoms with van der Waals surface area (Å²) in [6.07, 6.45) is 0. The van der Waals surface area contributed by atoms with E-state index in [0.717, 1.165) is 21.9 Å². The number of benzene rings is 4. The molecule has 4 heteroatoms. The van der Waals surface area contributed by atoms with Crippen molar-refractivity contribution in [2.24, 2.45) is 0 Å². The highest BCUT2D eigenvalue weighted by atomic mass is 16.4. The maximum atomic E-state index is 11.5. The molecule has 0 unspecified atom stereocenters. The van der Waals surface area contributed by atoms with E-state index in [0.29, 0.717) is 11.1 Å². The van der Waals surface area contributed by atoms with E-state index in [1.54, 1.807) is 36.4 Å². The van der Waals surface area contributed by atoms with Crippen LogP contribution in [-0.4, -0.2) is 22.2 Å². The van der Waals surface area contributed by atoms with Crippen LogP contribution >= 0.6 is 0 Å². The summed E-state index contributed by atoms with van der Waals surface area (Å²) >= 11 is 0. The lowest BCUT2D eigenvalue weighted by Crippen LogP contribution is -1.99. The van der Waals surface area contributed by atoms with E-state index in [1.807, 2.05) is 48.5 Å². The van der Waals surface area contributed by atoms with Crippen molar-refractivity contribution in [3.05, 3.63) is 96.1 Å². The van der Waals surface area contributed by atoms with Gasteiger partial charge in [0.25, 0.3) is 0 Å². The Bertz CT molecular complexity index is 1130. The number of carboxylic acid groups (broad SMARTS) is 2. The molecule has 0 fully saturated rings. The maximum absolute atomic E-state index is 11.5. The summed E-state index contributed by atoms with van der Waals surface area (Å²) in [5, 5.41) is 20.8. The quantitative estimate of drug-likeness (QED) is 0.494. The second kappa shape index (κ2) is 7.00. The third-order valence-electron chi connectivity index (χ3n) is 4.78. The number of rotatable bonds is 4. The highest BCUT2D eigenvalue weighted by Crippen LogP contribution is 2.31. The molecule has 0 spiro atoms. The van der Waals surface area contributed by atoms with Crippen LogP contribution in [0.15, 0.2) is 84.9 Å². The topological polar surface area (TPSA) is 74.6 Å². The SMILES string of the molecule is O=C(O)c1ccccc1-c1ccc2ccc(-c3ccccc3C(=O)O)cc2c1. The molecule has 0 atom stereocenters. The van der Waals surface area contributed by atoms with Gasteiger partial charge in [0, 0.05) is 0 Å². The van der Waals surface area contributed by atoms with Gasteiger partial charge in [-0.3, -0.25) is 0 Å². The van der Waals surface area contributed by atoms with E-state index in [-0.39, 0.29) is 11.1 Å². The molecule has 0 aliphatic heterocycles. The second-order valence-electron chi connectivity index (χ2n) is 6.48. The van der Waals surface area contributed by atoms with E-state index in [9.17, 15) is 19.8 Å². The molecule has 0 aliphatic carbocycles. The Morgan fingerprint density at radius 2 is 0.964 bits per heavy atom. The monoisotopic (exact) mass is 368 g/mol. The molecule has 0 bridgehead atoms. The highest BCUT2D eigenvalue weighted by molar-refractivity contribution is 6.00. The summed E-state index contributed by atoms with van der Waals surface area (Å²) < 4.78 is 0. The number of hydrogen-bond acceptors (Lipinski definition) is 2. The minimum Gasteiger partial charge on any atom is -0.478 e. The Balaban J connectivity index is 1.88. The van der Waals surface area contributed by atoms with Crippen molar-refractivity contribution in [2.75, 3.05) is 0 Å². The van der Waals surface area contributed by atoms with E-state index in [1.165, 1.54) is 0 Å². The molecular weight excluding hydrogens is 352 g/mol. The van der Waals surface area contributed by atoms with Crippen molar-refractivity contribution in [3.8, 4) is 22.3 Å². The van der Waals surface area contributed by atoms with Crippen molar-refractivity contribution in [1.29, 1.82) is 0 Å². The van der Waals surface area contributed by atoms with Crippen LogP contribution in [-0.2, 0) is 0 Å². The first-order valence-electron chi connectivity index (χ1n) is 8.74. The fourth-order valence-corrected chi connectivity index (χ4v) is 3.42. The van der Waals surface area contributed by atoms with Gasteiger partial charge in [-0.05, 0) is 57.3 Å². The van der Waals surface area contributed by atoms with Gasteiger partial charge in [0.2, 0.25) is 0 Å². The van der Waals surface area contributed by atoms with E-state index in [4.69, 9.17) is 0 Å². The first-order chi connectivity index (χ1) is 13.5. The molecule has 0 heterocycles. The number of carboxylic acids is 2. The molecule has 0 amide bonds. The summed E-state index contributed by atoms with van der Waals surface area (Å²) in [5.41, 5.74) is 3.38. The molecule has 136 valence electrons. The molecule has 4 aromatic carbocycles. The standard InChI is InChI=1S/C24H16O4/c25-23(26)21-7-3-1-5-19(21)16-11-9-15-10-12-17(14-18(15)13-16)20-6-2-4-8-22(20)24(27)28/h1-14H,(H,25,26)(H,27,28). The fourth-order valence-electron chi connectivity index (χ4n) is 3.42. The summed E-state index contributed by atoms with van der Waals surface area (Å²) in [7, 11) is 0. The zero-order valence-electron chi connectivity index (χ0n) is 14.8.